The molecule has 0 unspecified atom stereocenters. The molecule has 1 aromatic rings. The van der Waals surface area contributed by atoms with Crippen LogP contribution in [0.1, 0.15) is 39.0 Å². The van der Waals surface area contributed by atoms with Gasteiger partial charge in [0.05, 0.1) is 5.69 Å². The van der Waals surface area contributed by atoms with Crippen LogP contribution in [0.15, 0.2) is 18.3 Å². The van der Waals surface area contributed by atoms with Gasteiger partial charge < -0.3 is 11.1 Å². The van der Waals surface area contributed by atoms with Crippen molar-refractivity contribution in [2.24, 2.45) is 5.92 Å². The molecule has 0 bridgehead atoms. The fourth-order valence-electron chi connectivity index (χ4n) is 2.47. The van der Waals surface area contributed by atoms with Crippen LogP contribution < -0.4 is 11.1 Å². The van der Waals surface area contributed by atoms with Crippen molar-refractivity contribution in [2.45, 2.75) is 45.1 Å². The number of pyridine rings is 1. The van der Waals surface area contributed by atoms with Crippen LogP contribution in [0, 0.1) is 5.92 Å². The Morgan fingerprint density at radius 2 is 2.12 bits per heavy atom. The van der Waals surface area contributed by atoms with E-state index in [0.717, 1.165) is 11.6 Å². The second-order valence-corrected chi connectivity index (χ2v) is 4.71. The molecule has 0 spiro atoms. The Kier molecular flexibility index (Phi) is 3.65. The Bertz CT molecular complexity index is 330. The summed E-state index contributed by atoms with van der Waals surface area (Å²) in [6.07, 6.45) is 8.25. The first-order valence-corrected chi connectivity index (χ1v) is 6.26. The summed E-state index contributed by atoms with van der Waals surface area (Å²) in [5.41, 5.74) is 6.81. The van der Waals surface area contributed by atoms with Gasteiger partial charge in [-0.2, -0.15) is 0 Å². The van der Waals surface area contributed by atoms with Crippen molar-refractivity contribution >= 4 is 11.5 Å². The Morgan fingerprint density at radius 1 is 1.38 bits per heavy atom. The zero-order valence-electron chi connectivity index (χ0n) is 9.95. The van der Waals surface area contributed by atoms with Gasteiger partial charge in [-0.1, -0.05) is 13.3 Å². The van der Waals surface area contributed by atoms with Crippen LogP contribution in [0.3, 0.4) is 0 Å². The molecule has 0 aliphatic heterocycles. The van der Waals surface area contributed by atoms with Gasteiger partial charge in [0.15, 0.2) is 0 Å². The number of hydrogen-bond donors (Lipinski definition) is 2. The normalized spacial score (nSPS) is 25.3. The third-order valence-electron chi connectivity index (χ3n) is 3.62. The van der Waals surface area contributed by atoms with E-state index in [1.54, 1.807) is 6.20 Å². The number of nitrogen functional groups attached to an aromatic ring is 1. The maximum atomic E-state index is 5.82. The molecule has 1 fully saturated rings. The summed E-state index contributed by atoms with van der Waals surface area (Å²) in [7, 11) is 0. The number of anilines is 2. The minimum absolute atomic E-state index is 0.578. The fourth-order valence-corrected chi connectivity index (χ4v) is 2.47. The summed E-state index contributed by atoms with van der Waals surface area (Å²) in [5, 5.41) is 3.51. The molecule has 1 aromatic heterocycles. The van der Waals surface area contributed by atoms with Gasteiger partial charge in [-0.25, -0.2) is 4.98 Å². The molecule has 1 aliphatic carbocycles. The van der Waals surface area contributed by atoms with Crippen molar-refractivity contribution in [3.63, 3.8) is 0 Å². The van der Waals surface area contributed by atoms with Gasteiger partial charge in [0.2, 0.25) is 0 Å². The van der Waals surface area contributed by atoms with Crippen molar-refractivity contribution in [2.75, 3.05) is 11.1 Å². The van der Waals surface area contributed by atoms with Crippen LogP contribution >= 0.6 is 0 Å². The van der Waals surface area contributed by atoms with Crippen LogP contribution in [0.5, 0.6) is 0 Å². The van der Waals surface area contributed by atoms with E-state index in [-0.39, 0.29) is 0 Å². The van der Waals surface area contributed by atoms with Crippen LogP contribution in [0.25, 0.3) is 0 Å². The Morgan fingerprint density at radius 3 is 2.75 bits per heavy atom. The van der Waals surface area contributed by atoms with Gasteiger partial charge in [0.1, 0.15) is 5.82 Å². The smallest absolute Gasteiger partial charge is 0.146 e. The molecule has 1 saturated carbocycles. The largest absolute Gasteiger partial charge is 0.382 e. The van der Waals surface area contributed by atoms with E-state index >= 15 is 0 Å². The second kappa shape index (κ2) is 5.19. The first kappa shape index (κ1) is 11.2. The lowest BCUT2D eigenvalue weighted by Gasteiger charge is -2.29. The highest BCUT2D eigenvalue weighted by Crippen LogP contribution is 2.29. The highest BCUT2D eigenvalue weighted by atomic mass is 15.0. The molecule has 0 radical (unpaired) electrons. The first-order chi connectivity index (χ1) is 7.79. The van der Waals surface area contributed by atoms with Crippen molar-refractivity contribution in [1.29, 1.82) is 0 Å². The SMILES string of the molecule is CCC1CCC(Nc2cccnc2N)CC1. The molecule has 88 valence electrons. The average molecular weight is 219 g/mol. The van der Waals surface area contributed by atoms with Crippen molar-refractivity contribution in [3.05, 3.63) is 18.3 Å². The minimum Gasteiger partial charge on any atom is -0.382 e. The number of nitrogens with one attached hydrogen (secondary N) is 1. The standard InChI is InChI=1S/C13H21N3/c1-2-10-5-7-11(8-6-10)16-12-4-3-9-15-13(12)14/h3-4,9-11,16H,2,5-8H2,1H3,(H2,14,15). The Hall–Kier alpha value is -1.25. The molecule has 1 heterocycles. The Balaban J connectivity index is 1.89. The predicted molar refractivity (Wildman–Crippen MR) is 68.3 cm³/mol. The average Bonchev–Trinajstić information content (AvgIpc) is 2.33. The summed E-state index contributed by atoms with van der Waals surface area (Å²) in [4.78, 5) is 4.09. The molecule has 1 aliphatic rings. The zero-order chi connectivity index (χ0) is 11.4. The summed E-state index contributed by atoms with van der Waals surface area (Å²) >= 11 is 0. The predicted octanol–water partition coefficient (Wildman–Crippen LogP) is 3.04. The highest BCUT2D eigenvalue weighted by Gasteiger charge is 2.20. The molecular weight excluding hydrogens is 198 g/mol. The minimum atomic E-state index is 0.578. The van der Waals surface area contributed by atoms with Crippen molar-refractivity contribution in [1.82, 2.24) is 4.98 Å². The summed E-state index contributed by atoms with van der Waals surface area (Å²) in [5.74, 6) is 1.55. The Labute approximate surface area is 97.5 Å². The number of nitrogens with two attached hydrogens (primary N) is 1. The monoisotopic (exact) mass is 219 g/mol. The molecule has 3 heteroatoms. The van der Waals surface area contributed by atoms with Crippen LogP contribution in [-0.2, 0) is 0 Å². The number of nitrogens with zero attached hydrogens (tertiary/aromatic N) is 1. The summed E-state index contributed by atoms with van der Waals surface area (Å²) in [6.45, 7) is 2.29. The fraction of sp³-hybridized carbons (Fsp3) is 0.615. The molecule has 0 atom stereocenters. The quantitative estimate of drug-likeness (QED) is 0.821. The van der Waals surface area contributed by atoms with Gasteiger partial charge in [-0.05, 0) is 43.7 Å². The molecule has 3 N–H and O–H groups in total. The van der Waals surface area contributed by atoms with Gasteiger partial charge >= 0.3 is 0 Å². The second-order valence-electron chi connectivity index (χ2n) is 4.71. The highest BCUT2D eigenvalue weighted by molar-refractivity contribution is 5.61. The molecule has 3 nitrogen and oxygen atoms in total. The third kappa shape index (κ3) is 2.65. The van der Waals surface area contributed by atoms with Crippen LogP contribution in [0.2, 0.25) is 0 Å². The molecule has 0 saturated heterocycles. The van der Waals surface area contributed by atoms with E-state index in [2.05, 4.69) is 17.2 Å². The lowest BCUT2D eigenvalue weighted by atomic mass is 9.84. The maximum absolute atomic E-state index is 5.82. The van der Waals surface area contributed by atoms with Gasteiger partial charge in [0.25, 0.3) is 0 Å². The maximum Gasteiger partial charge on any atom is 0.146 e. The summed E-state index contributed by atoms with van der Waals surface area (Å²) in [6, 6.07) is 4.51. The van der Waals surface area contributed by atoms with E-state index in [1.807, 2.05) is 12.1 Å². The lowest BCUT2D eigenvalue weighted by molar-refractivity contribution is 0.330. The van der Waals surface area contributed by atoms with Crippen LogP contribution in [0.4, 0.5) is 11.5 Å². The summed E-state index contributed by atoms with van der Waals surface area (Å²) < 4.78 is 0. The van der Waals surface area contributed by atoms with E-state index in [0.29, 0.717) is 11.9 Å². The molecule has 2 rings (SSSR count). The lowest BCUT2D eigenvalue weighted by Crippen LogP contribution is -2.26. The molecule has 0 aromatic carbocycles. The van der Waals surface area contributed by atoms with Crippen LogP contribution in [-0.4, -0.2) is 11.0 Å². The molecule has 16 heavy (non-hydrogen) atoms. The molecule has 0 amide bonds. The van der Waals surface area contributed by atoms with E-state index in [1.165, 1.54) is 32.1 Å². The topological polar surface area (TPSA) is 50.9 Å². The number of rotatable bonds is 3. The van der Waals surface area contributed by atoms with Gasteiger partial charge in [0, 0.05) is 12.2 Å². The van der Waals surface area contributed by atoms with Gasteiger partial charge in [-0.15, -0.1) is 0 Å². The van der Waals surface area contributed by atoms with Gasteiger partial charge in [-0.3, -0.25) is 0 Å². The number of hydrogen-bond acceptors (Lipinski definition) is 3. The third-order valence-corrected chi connectivity index (χ3v) is 3.62. The van der Waals surface area contributed by atoms with Crippen molar-refractivity contribution in [3.8, 4) is 0 Å². The van der Waals surface area contributed by atoms with E-state index < -0.39 is 0 Å². The van der Waals surface area contributed by atoms with E-state index in [4.69, 9.17) is 5.73 Å². The number of aromatic nitrogens is 1. The first-order valence-electron chi connectivity index (χ1n) is 6.26. The zero-order valence-corrected chi connectivity index (χ0v) is 9.95. The van der Waals surface area contributed by atoms with Crippen molar-refractivity contribution < 1.29 is 0 Å². The van der Waals surface area contributed by atoms with E-state index in [9.17, 15) is 0 Å². The molecular formula is C13H21N3.